The smallest absolute Gasteiger partial charge is 0.0409 e. The minimum absolute atomic E-state index is 0.469. The van der Waals surface area contributed by atoms with E-state index in [1.165, 1.54) is 37.7 Å². The lowest BCUT2D eigenvalue weighted by molar-refractivity contribution is 0.379. The Morgan fingerprint density at radius 1 is 1.28 bits per heavy atom. The minimum atomic E-state index is 0.469. The van der Waals surface area contributed by atoms with Crippen molar-refractivity contribution in [3.05, 3.63) is 34.9 Å². The van der Waals surface area contributed by atoms with Gasteiger partial charge in [-0.3, -0.25) is 0 Å². The highest BCUT2D eigenvalue weighted by Gasteiger charge is 2.30. The number of benzene rings is 1. The van der Waals surface area contributed by atoms with Crippen molar-refractivity contribution in [2.75, 3.05) is 12.8 Å². The van der Waals surface area contributed by atoms with Gasteiger partial charge in [0, 0.05) is 22.9 Å². The van der Waals surface area contributed by atoms with Crippen LogP contribution in [-0.4, -0.2) is 17.5 Å². The van der Waals surface area contributed by atoms with Crippen LogP contribution in [0.5, 0.6) is 0 Å². The second-order valence-corrected chi connectivity index (χ2v) is 6.89. The van der Waals surface area contributed by atoms with E-state index in [2.05, 4.69) is 17.6 Å². The number of thioether (sulfide) groups is 1. The maximum absolute atomic E-state index is 6.00. The molecule has 0 aliphatic heterocycles. The van der Waals surface area contributed by atoms with E-state index in [4.69, 9.17) is 11.6 Å². The molecule has 2 rings (SSSR count). The number of hydrogen-bond donors (Lipinski definition) is 1. The van der Waals surface area contributed by atoms with E-state index >= 15 is 0 Å². The van der Waals surface area contributed by atoms with Crippen molar-refractivity contribution in [3.8, 4) is 0 Å². The molecule has 0 bridgehead atoms. The summed E-state index contributed by atoms with van der Waals surface area (Å²) in [5.41, 5.74) is 1.27. The molecule has 1 N–H and O–H groups in total. The second kappa shape index (κ2) is 6.83. The van der Waals surface area contributed by atoms with Gasteiger partial charge in [0.15, 0.2) is 0 Å². The quantitative estimate of drug-likeness (QED) is 0.854. The first-order valence-electron chi connectivity index (χ1n) is 6.74. The third kappa shape index (κ3) is 3.91. The summed E-state index contributed by atoms with van der Waals surface area (Å²) in [5.74, 6) is 0. The zero-order chi connectivity index (χ0) is 12.8. The lowest BCUT2D eigenvalue weighted by Gasteiger charge is -2.36. The van der Waals surface area contributed by atoms with E-state index in [-0.39, 0.29) is 0 Å². The number of rotatable bonds is 5. The lowest BCUT2D eigenvalue weighted by atomic mass is 9.88. The summed E-state index contributed by atoms with van der Waals surface area (Å²) in [5, 5.41) is 4.44. The molecule has 0 radical (unpaired) electrons. The predicted octanol–water partition coefficient (Wildman–Crippen LogP) is 4.50. The molecule has 1 nitrogen and oxygen atoms in total. The van der Waals surface area contributed by atoms with Gasteiger partial charge in [-0.1, -0.05) is 43.0 Å². The first-order chi connectivity index (χ1) is 8.74. The third-order valence-corrected chi connectivity index (χ3v) is 5.52. The molecule has 0 unspecified atom stereocenters. The molecule has 1 aliphatic carbocycles. The summed E-state index contributed by atoms with van der Waals surface area (Å²) < 4.78 is 0.469. The molecule has 1 aromatic rings. The minimum Gasteiger partial charge on any atom is -0.311 e. The van der Waals surface area contributed by atoms with Gasteiger partial charge < -0.3 is 5.32 Å². The molecular weight excluding hydrogens is 262 g/mol. The molecule has 1 aliphatic rings. The van der Waals surface area contributed by atoms with Crippen LogP contribution in [0, 0.1) is 0 Å². The number of halogens is 1. The van der Waals surface area contributed by atoms with Gasteiger partial charge in [-0.05, 0) is 36.8 Å². The molecule has 1 saturated carbocycles. The van der Waals surface area contributed by atoms with Crippen LogP contribution in [0.3, 0.4) is 0 Å². The molecule has 1 fully saturated rings. The van der Waals surface area contributed by atoms with E-state index in [1.807, 2.05) is 30.0 Å². The highest BCUT2D eigenvalue weighted by Crippen LogP contribution is 2.37. The molecule has 100 valence electrons. The van der Waals surface area contributed by atoms with Crippen LogP contribution in [0.4, 0.5) is 0 Å². The summed E-state index contributed by atoms with van der Waals surface area (Å²) in [4.78, 5) is 0. The number of nitrogens with one attached hydrogen (secondary N) is 1. The van der Waals surface area contributed by atoms with Crippen LogP contribution in [-0.2, 0) is 6.54 Å². The Bertz CT molecular complexity index is 375. The summed E-state index contributed by atoms with van der Waals surface area (Å²) in [6, 6.07) is 8.12. The van der Waals surface area contributed by atoms with E-state index in [1.54, 1.807) is 0 Å². The molecule has 0 amide bonds. The van der Waals surface area contributed by atoms with E-state index in [0.29, 0.717) is 4.75 Å². The zero-order valence-corrected chi connectivity index (χ0v) is 12.6. The van der Waals surface area contributed by atoms with E-state index < -0.39 is 0 Å². The molecule has 3 heteroatoms. The lowest BCUT2D eigenvalue weighted by Crippen LogP contribution is -2.39. The van der Waals surface area contributed by atoms with Crippen molar-refractivity contribution in [2.24, 2.45) is 0 Å². The Morgan fingerprint density at radius 2 is 2.06 bits per heavy atom. The Labute approximate surface area is 120 Å². The molecule has 0 saturated heterocycles. The predicted molar refractivity (Wildman–Crippen MR) is 82.5 cm³/mol. The Morgan fingerprint density at radius 3 is 2.72 bits per heavy atom. The summed E-state index contributed by atoms with van der Waals surface area (Å²) >= 11 is 8.04. The normalized spacial score (nSPS) is 18.8. The fourth-order valence-electron chi connectivity index (χ4n) is 2.73. The molecular formula is C15H22ClNS. The average molecular weight is 284 g/mol. The van der Waals surface area contributed by atoms with Crippen molar-refractivity contribution < 1.29 is 0 Å². The topological polar surface area (TPSA) is 12.0 Å². The van der Waals surface area contributed by atoms with E-state index in [0.717, 1.165) is 18.1 Å². The fraction of sp³-hybridized carbons (Fsp3) is 0.600. The number of hydrogen-bond acceptors (Lipinski definition) is 2. The SMILES string of the molecule is CSC1(CNCc2cccc(Cl)c2)CCCCC1. The molecule has 0 aromatic heterocycles. The van der Waals surface area contributed by atoms with Crippen molar-refractivity contribution in [3.63, 3.8) is 0 Å². The molecule has 0 spiro atoms. The highest BCUT2D eigenvalue weighted by atomic mass is 35.5. The van der Waals surface area contributed by atoms with Gasteiger partial charge in [0.25, 0.3) is 0 Å². The van der Waals surface area contributed by atoms with Gasteiger partial charge in [0.1, 0.15) is 0 Å². The first kappa shape index (κ1) is 14.2. The van der Waals surface area contributed by atoms with Gasteiger partial charge in [-0.25, -0.2) is 0 Å². The molecule has 18 heavy (non-hydrogen) atoms. The van der Waals surface area contributed by atoms with Crippen molar-refractivity contribution in [1.29, 1.82) is 0 Å². The average Bonchev–Trinajstić information content (AvgIpc) is 2.40. The first-order valence-corrected chi connectivity index (χ1v) is 8.35. The fourth-order valence-corrected chi connectivity index (χ4v) is 3.89. The molecule has 0 atom stereocenters. The maximum atomic E-state index is 6.00. The van der Waals surface area contributed by atoms with Crippen molar-refractivity contribution in [1.82, 2.24) is 5.32 Å². The summed E-state index contributed by atoms with van der Waals surface area (Å²) in [6.07, 6.45) is 9.16. The van der Waals surface area contributed by atoms with Crippen molar-refractivity contribution in [2.45, 2.75) is 43.4 Å². The largest absolute Gasteiger partial charge is 0.311 e. The van der Waals surface area contributed by atoms with Crippen molar-refractivity contribution >= 4 is 23.4 Å². The van der Waals surface area contributed by atoms with Crippen LogP contribution in [0.2, 0.25) is 5.02 Å². The monoisotopic (exact) mass is 283 g/mol. The molecule has 1 aromatic carbocycles. The van der Waals surface area contributed by atoms with E-state index in [9.17, 15) is 0 Å². The van der Waals surface area contributed by atoms with Crippen LogP contribution in [0.1, 0.15) is 37.7 Å². The third-order valence-electron chi connectivity index (χ3n) is 3.86. The van der Waals surface area contributed by atoms with Gasteiger partial charge in [0.05, 0.1) is 0 Å². The van der Waals surface area contributed by atoms with Crippen LogP contribution in [0.15, 0.2) is 24.3 Å². The zero-order valence-electron chi connectivity index (χ0n) is 11.0. The highest BCUT2D eigenvalue weighted by molar-refractivity contribution is 8.00. The van der Waals surface area contributed by atoms with Crippen LogP contribution < -0.4 is 5.32 Å². The summed E-state index contributed by atoms with van der Waals surface area (Å²) in [7, 11) is 0. The standard InChI is InChI=1S/C15H22ClNS/c1-18-15(8-3-2-4-9-15)12-17-11-13-6-5-7-14(16)10-13/h5-7,10,17H,2-4,8-9,11-12H2,1H3. The Kier molecular flexibility index (Phi) is 5.40. The van der Waals surface area contributed by atoms with Gasteiger partial charge in [0.2, 0.25) is 0 Å². The summed E-state index contributed by atoms with van der Waals surface area (Å²) in [6.45, 7) is 2.03. The van der Waals surface area contributed by atoms with Crippen LogP contribution >= 0.6 is 23.4 Å². The van der Waals surface area contributed by atoms with Gasteiger partial charge in [-0.2, -0.15) is 11.8 Å². The second-order valence-electron chi connectivity index (χ2n) is 5.18. The van der Waals surface area contributed by atoms with Gasteiger partial charge >= 0.3 is 0 Å². The Hall–Kier alpha value is -0.180. The van der Waals surface area contributed by atoms with Gasteiger partial charge in [-0.15, -0.1) is 0 Å². The molecule has 0 heterocycles. The maximum Gasteiger partial charge on any atom is 0.0409 e. The Balaban J connectivity index is 1.83. The van der Waals surface area contributed by atoms with Crippen LogP contribution in [0.25, 0.3) is 0 Å².